The Labute approximate surface area is 147 Å². The average molecular weight is 361 g/mol. The van der Waals surface area contributed by atoms with Gasteiger partial charge in [0.2, 0.25) is 5.89 Å². The number of oxazole rings is 1. The fourth-order valence-electron chi connectivity index (χ4n) is 2.36. The zero-order valence-electron chi connectivity index (χ0n) is 13.7. The molecule has 1 heterocycles. The van der Waals surface area contributed by atoms with E-state index in [1.807, 2.05) is 0 Å². The van der Waals surface area contributed by atoms with Gasteiger partial charge >= 0.3 is 12.1 Å². The van der Waals surface area contributed by atoms with Crippen molar-refractivity contribution < 1.29 is 27.1 Å². The van der Waals surface area contributed by atoms with Gasteiger partial charge in [-0.25, -0.2) is 9.78 Å². The van der Waals surface area contributed by atoms with Crippen LogP contribution in [0.1, 0.15) is 22.8 Å². The lowest BCUT2D eigenvalue weighted by Gasteiger charge is -2.06. The van der Waals surface area contributed by atoms with Gasteiger partial charge < -0.3 is 9.15 Å². The molecule has 7 heteroatoms. The van der Waals surface area contributed by atoms with Crippen LogP contribution in [0.5, 0.6) is 0 Å². The minimum Gasteiger partial charge on any atom is -0.462 e. The third-order valence-electron chi connectivity index (χ3n) is 3.63. The first-order chi connectivity index (χ1) is 12.4. The first-order valence-electron chi connectivity index (χ1n) is 7.79. The van der Waals surface area contributed by atoms with Crippen LogP contribution in [0, 0.1) is 0 Å². The summed E-state index contributed by atoms with van der Waals surface area (Å²) in [5.74, 6) is -0.343. The third kappa shape index (κ3) is 3.77. The summed E-state index contributed by atoms with van der Waals surface area (Å²) >= 11 is 0. The quantitative estimate of drug-likeness (QED) is 0.599. The van der Waals surface area contributed by atoms with Crippen molar-refractivity contribution in [1.29, 1.82) is 0 Å². The van der Waals surface area contributed by atoms with Gasteiger partial charge in [-0.15, -0.1) is 0 Å². The molecule has 134 valence electrons. The summed E-state index contributed by atoms with van der Waals surface area (Å²) in [6.45, 7) is 2.00. The monoisotopic (exact) mass is 361 g/mol. The molecule has 0 aliphatic heterocycles. The molecule has 0 amide bonds. The molecule has 4 nitrogen and oxygen atoms in total. The van der Waals surface area contributed by atoms with E-state index in [-0.39, 0.29) is 18.1 Å². The second-order valence-corrected chi connectivity index (χ2v) is 5.41. The Morgan fingerprint density at radius 2 is 1.85 bits per heavy atom. The van der Waals surface area contributed by atoms with Crippen LogP contribution < -0.4 is 0 Å². The molecular formula is C19H14F3NO3. The highest BCUT2D eigenvalue weighted by Crippen LogP contribution is 2.32. The molecule has 0 aliphatic rings. The number of aromatic nitrogens is 1. The van der Waals surface area contributed by atoms with E-state index < -0.39 is 17.7 Å². The summed E-state index contributed by atoms with van der Waals surface area (Å²) in [5, 5.41) is 0. The third-order valence-corrected chi connectivity index (χ3v) is 3.63. The van der Waals surface area contributed by atoms with Gasteiger partial charge in [-0.3, -0.25) is 0 Å². The van der Waals surface area contributed by atoms with E-state index in [4.69, 9.17) is 9.15 Å². The SMILES string of the molecule is CCOC(=O)c1ccc(-c2coc(-c3cccc(C(F)(F)F)c3)n2)cc1. The summed E-state index contributed by atoms with van der Waals surface area (Å²) in [4.78, 5) is 15.9. The molecule has 0 saturated heterocycles. The lowest BCUT2D eigenvalue weighted by atomic mass is 10.1. The molecule has 26 heavy (non-hydrogen) atoms. The van der Waals surface area contributed by atoms with Gasteiger partial charge in [0, 0.05) is 11.1 Å². The zero-order valence-corrected chi connectivity index (χ0v) is 13.7. The molecule has 0 saturated carbocycles. The van der Waals surface area contributed by atoms with E-state index in [2.05, 4.69) is 4.98 Å². The zero-order chi connectivity index (χ0) is 18.7. The molecular weight excluding hydrogens is 347 g/mol. The van der Waals surface area contributed by atoms with Crippen LogP contribution in [0.15, 0.2) is 59.2 Å². The Bertz CT molecular complexity index is 914. The van der Waals surface area contributed by atoms with Crippen molar-refractivity contribution in [3.05, 3.63) is 65.9 Å². The van der Waals surface area contributed by atoms with Gasteiger partial charge in [-0.2, -0.15) is 13.2 Å². The van der Waals surface area contributed by atoms with Gasteiger partial charge in [-0.05, 0) is 37.3 Å². The van der Waals surface area contributed by atoms with E-state index in [1.165, 1.54) is 18.4 Å². The van der Waals surface area contributed by atoms with Crippen molar-refractivity contribution in [2.24, 2.45) is 0 Å². The standard InChI is InChI=1S/C19H14F3NO3/c1-2-25-18(24)13-8-6-12(7-9-13)16-11-26-17(23-16)14-4-3-5-15(10-14)19(20,21)22/h3-11H,2H2,1H3. The number of nitrogens with zero attached hydrogens (tertiary/aromatic N) is 1. The predicted octanol–water partition coefficient (Wildman–Crippen LogP) is 5.20. The summed E-state index contributed by atoms with van der Waals surface area (Å²) < 4.78 is 48.7. The Morgan fingerprint density at radius 3 is 2.50 bits per heavy atom. The van der Waals surface area contributed by atoms with Crippen molar-refractivity contribution in [3.8, 4) is 22.7 Å². The molecule has 2 aromatic carbocycles. The van der Waals surface area contributed by atoms with E-state index >= 15 is 0 Å². The van der Waals surface area contributed by atoms with E-state index in [9.17, 15) is 18.0 Å². The summed E-state index contributed by atoms with van der Waals surface area (Å²) in [7, 11) is 0. The molecule has 3 aromatic rings. The minimum atomic E-state index is -4.44. The van der Waals surface area contributed by atoms with Crippen LogP contribution in [0.3, 0.4) is 0 Å². The van der Waals surface area contributed by atoms with Gasteiger partial charge in [0.05, 0.1) is 17.7 Å². The van der Waals surface area contributed by atoms with Crippen LogP contribution in [-0.4, -0.2) is 17.6 Å². The lowest BCUT2D eigenvalue weighted by Crippen LogP contribution is -2.04. The van der Waals surface area contributed by atoms with Crippen LogP contribution >= 0.6 is 0 Å². The average Bonchev–Trinajstić information content (AvgIpc) is 3.12. The van der Waals surface area contributed by atoms with Gasteiger partial charge in [0.1, 0.15) is 12.0 Å². The highest BCUT2D eigenvalue weighted by Gasteiger charge is 2.30. The first kappa shape index (κ1) is 17.7. The number of halogens is 3. The van der Waals surface area contributed by atoms with Gasteiger partial charge in [-0.1, -0.05) is 18.2 Å². The Kier molecular flexibility index (Phi) is 4.79. The maximum Gasteiger partial charge on any atom is 0.416 e. The summed E-state index contributed by atoms with van der Waals surface area (Å²) in [6, 6.07) is 11.3. The molecule has 0 fully saturated rings. The Balaban J connectivity index is 1.85. The number of carbonyl (C=O) groups excluding carboxylic acids is 1. The van der Waals surface area contributed by atoms with Crippen LogP contribution in [-0.2, 0) is 10.9 Å². The normalized spacial score (nSPS) is 11.4. The second kappa shape index (κ2) is 7.03. The van der Waals surface area contributed by atoms with Crippen LogP contribution in [0.25, 0.3) is 22.7 Å². The van der Waals surface area contributed by atoms with Crippen LogP contribution in [0.2, 0.25) is 0 Å². The summed E-state index contributed by atoms with van der Waals surface area (Å²) in [5.41, 5.74) is 0.979. The largest absolute Gasteiger partial charge is 0.462 e. The maximum absolute atomic E-state index is 12.8. The second-order valence-electron chi connectivity index (χ2n) is 5.41. The number of carbonyl (C=O) groups is 1. The fourth-order valence-corrected chi connectivity index (χ4v) is 2.36. The van der Waals surface area contributed by atoms with Crippen molar-refractivity contribution >= 4 is 5.97 Å². The molecule has 0 aliphatic carbocycles. The van der Waals surface area contributed by atoms with Gasteiger partial charge in [0.25, 0.3) is 0 Å². The van der Waals surface area contributed by atoms with Crippen LogP contribution in [0.4, 0.5) is 13.2 Å². The smallest absolute Gasteiger partial charge is 0.416 e. The van der Waals surface area contributed by atoms with E-state index in [1.54, 1.807) is 31.2 Å². The highest BCUT2D eigenvalue weighted by molar-refractivity contribution is 5.90. The number of rotatable bonds is 4. The van der Waals surface area contributed by atoms with Gasteiger partial charge in [0.15, 0.2) is 0 Å². The number of benzene rings is 2. The number of alkyl halides is 3. The molecule has 0 atom stereocenters. The Morgan fingerprint density at radius 1 is 1.12 bits per heavy atom. The molecule has 0 radical (unpaired) electrons. The number of ether oxygens (including phenoxy) is 1. The predicted molar refractivity (Wildman–Crippen MR) is 88.3 cm³/mol. The highest BCUT2D eigenvalue weighted by atomic mass is 19.4. The molecule has 0 N–H and O–H groups in total. The number of hydrogen-bond acceptors (Lipinski definition) is 4. The lowest BCUT2D eigenvalue weighted by molar-refractivity contribution is -0.137. The van der Waals surface area contributed by atoms with Crippen molar-refractivity contribution in [2.75, 3.05) is 6.61 Å². The van der Waals surface area contributed by atoms with Crippen molar-refractivity contribution in [1.82, 2.24) is 4.98 Å². The molecule has 3 rings (SSSR count). The molecule has 0 bridgehead atoms. The van der Waals surface area contributed by atoms with E-state index in [0.29, 0.717) is 16.8 Å². The number of hydrogen-bond donors (Lipinski definition) is 0. The molecule has 0 spiro atoms. The first-order valence-corrected chi connectivity index (χ1v) is 7.79. The van der Waals surface area contributed by atoms with Crippen molar-refractivity contribution in [2.45, 2.75) is 13.1 Å². The summed E-state index contributed by atoms with van der Waals surface area (Å²) in [6.07, 6.45) is -3.08. The minimum absolute atomic E-state index is 0.0839. The molecule has 0 unspecified atom stereocenters. The van der Waals surface area contributed by atoms with E-state index in [0.717, 1.165) is 12.1 Å². The molecule has 1 aromatic heterocycles. The Hall–Kier alpha value is -3.09. The topological polar surface area (TPSA) is 52.3 Å². The maximum atomic E-state index is 12.8. The number of esters is 1. The van der Waals surface area contributed by atoms with Crippen molar-refractivity contribution in [3.63, 3.8) is 0 Å². The fraction of sp³-hybridized carbons (Fsp3) is 0.158.